The molecule has 1 aliphatic rings. The van der Waals surface area contributed by atoms with Crippen LogP contribution in [0.2, 0.25) is 0 Å². The van der Waals surface area contributed by atoms with Gasteiger partial charge in [0.1, 0.15) is 5.75 Å². The summed E-state index contributed by atoms with van der Waals surface area (Å²) < 4.78 is 10.5. The van der Waals surface area contributed by atoms with E-state index in [1.54, 1.807) is 18.3 Å². The molecular formula is C15H13N3O3. The Morgan fingerprint density at radius 3 is 2.95 bits per heavy atom. The van der Waals surface area contributed by atoms with Crippen LogP contribution in [0.15, 0.2) is 36.5 Å². The third-order valence-corrected chi connectivity index (χ3v) is 3.50. The summed E-state index contributed by atoms with van der Waals surface area (Å²) in [6.45, 7) is 0.689. The molecule has 0 radical (unpaired) electrons. The van der Waals surface area contributed by atoms with Gasteiger partial charge in [-0.2, -0.15) is 5.10 Å². The number of benzene rings is 2. The summed E-state index contributed by atoms with van der Waals surface area (Å²) >= 11 is 0. The maximum absolute atomic E-state index is 10.0. The second kappa shape index (κ2) is 4.59. The summed E-state index contributed by atoms with van der Waals surface area (Å²) in [7, 11) is 0. The summed E-state index contributed by atoms with van der Waals surface area (Å²) in [6.07, 6.45) is 1.78. The third kappa shape index (κ3) is 2.10. The van der Waals surface area contributed by atoms with E-state index in [1.165, 1.54) is 0 Å². The molecule has 0 atom stereocenters. The molecule has 6 nitrogen and oxygen atoms in total. The molecule has 0 aliphatic carbocycles. The highest BCUT2D eigenvalue weighted by Crippen LogP contribution is 2.37. The van der Waals surface area contributed by atoms with E-state index < -0.39 is 0 Å². The van der Waals surface area contributed by atoms with Crippen molar-refractivity contribution in [1.29, 1.82) is 0 Å². The van der Waals surface area contributed by atoms with E-state index in [0.29, 0.717) is 18.0 Å². The Balaban J connectivity index is 1.56. The highest BCUT2D eigenvalue weighted by molar-refractivity contribution is 5.81. The molecule has 0 spiro atoms. The molecule has 1 aromatic heterocycles. The number of hydrogen-bond donors (Lipinski definition) is 3. The van der Waals surface area contributed by atoms with Gasteiger partial charge in [0.25, 0.3) is 0 Å². The number of phenols is 1. The molecular weight excluding hydrogens is 270 g/mol. The monoisotopic (exact) mass is 283 g/mol. The van der Waals surface area contributed by atoms with Crippen LogP contribution in [0, 0.1) is 0 Å². The normalized spacial score (nSPS) is 12.8. The zero-order valence-electron chi connectivity index (χ0n) is 11.1. The third-order valence-electron chi connectivity index (χ3n) is 3.50. The van der Waals surface area contributed by atoms with E-state index in [2.05, 4.69) is 15.5 Å². The van der Waals surface area contributed by atoms with E-state index in [1.807, 2.05) is 18.2 Å². The highest BCUT2D eigenvalue weighted by atomic mass is 16.7. The largest absolute Gasteiger partial charge is 0.507 e. The first-order valence-corrected chi connectivity index (χ1v) is 6.58. The van der Waals surface area contributed by atoms with E-state index in [-0.39, 0.29) is 12.5 Å². The molecule has 106 valence electrons. The van der Waals surface area contributed by atoms with Crippen molar-refractivity contribution < 1.29 is 14.6 Å². The lowest BCUT2D eigenvalue weighted by atomic mass is 10.1. The van der Waals surface area contributed by atoms with Crippen molar-refractivity contribution in [2.45, 2.75) is 6.54 Å². The lowest BCUT2D eigenvalue weighted by Crippen LogP contribution is -1.99. The standard InChI is InChI=1S/C15H13N3O3/c19-13-5-15-14(20-8-21-15)4-10(13)6-16-11-1-2-12-9(3-11)7-17-18-12/h1-5,7,16,19H,6,8H2,(H,17,18). The number of rotatable bonds is 3. The number of hydrogen-bond acceptors (Lipinski definition) is 5. The average Bonchev–Trinajstić information content (AvgIpc) is 3.12. The molecule has 2 heterocycles. The number of aromatic hydroxyl groups is 1. The van der Waals surface area contributed by atoms with E-state index in [4.69, 9.17) is 9.47 Å². The van der Waals surface area contributed by atoms with Crippen LogP contribution in [0.25, 0.3) is 10.9 Å². The lowest BCUT2D eigenvalue weighted by molar-refractivity contribution is 0.174. The Bertz CT molecular complexity index is 813. The van der Waals surface area contributed by atoms with Gasteiger partial charge >= 0.3 is 0 Å². The van der Waals surface area contributed by atoms with E-state index in [0.717, 1.165) is 22.2 Å². The number of nitrogens with one attached hydrogen (secondary N) is 2. The summed E-state index contributed by atoms with van der Waals surface area (Å²) in [5.41, 5.74) is 2.71. The van der Waals surface area contributed by atoms with Crippen LogP contribution in [-0.4, -0.2) is 22.1 Å². The minimum Gasteiger partial charge on any atom is -0.507 e. The fourth-order valence-electron chi connectivity index (χ4n) is 2.36. The Morgan fingerprint density at radius 2 is 2.05 bits per heavy atom. The first kappa shape index (κ1) is 11.9. The zero-order chi connectivity index (χ0) is 14.2. The molecule has 0 fully saturated rings. The quantitative estimate of drug-likeness (QED) is 0.688. The van der Waals surface area contributed by atoms with Crippen LogP contribution in [0.3, 0.4) is 0 Å². The number of H-pyrrole nitrogens is 1. The molecule has 2 aromatic carbocycles. The van der Waals surface area contributed by atoms with Gasteiger partial charge in [0.15, 0.2) is 11.5 Å². The fourth-order valence-corrected chi connectivity index (χ4v) is 2.36. The van der Waals surface area contributed by atoms with Crippen LogP contribution in [0.5, 0.6) is 17.2 Å². The number of anilines is 1. The first-order chi connectivity index (χ1) is 10.3. The number of phenolic OH excluding ortho intramolecular Hbond substituents is 1. The maximum Gasteiger partial charge on any atom is 0.231 e. The van der Waals surface area contributed by atoms with Crippen molar-refractivity contribution in [3.8, 4) is 17.2 Å². The van der Waals surface area contributed by atoms with Crippen molar-refractivity contribution in [2.75, 3.05) is 12.1 Å². The van der Waals surface area contributed by atoms with Crippen molar-refractivity contribution in [2.24, 2.45) is 0 Å². The van der Waals surface area contributed by atoms with Crippen LogP contribution >= 0.6 is 0 Å². The molecule has 0 amide bonds. The van der Waals surface area contributed by atoms with Gasteiger partial charge in [-0.25, -0.2) is 0 Å². The summed E-state index contributed by atoms with van der Waals surface area (Å²) in [5, 5.41) is 21.2. The summed E-state index contributed by atoms with van der Waals surface area (Å²) in [4.78, 5) is 0. The van der Waals surface area contributed by atoms with Gasteiger partial charge in [0.2, 0.25) is 6.79 Å². The Morgan fingerprint density at radius 1 is 1.19 bits per heavy atom. The lowest BCUT2D eigenvalue weighted by Gasteiger charge is -2.09. The van der Waals surface area contributed by atoms with Crippen molar-refractivity contribution in [3.63, 3.8) is 0 Å². The predicted octanol–water partition coefficient (Wildman–Crippen LogP) is 2.61. The number of ether oxygens (including phenoxy) is 2. The highest BCUT2D eigenvalue weighted by Gasteiger charge is 2.16. The van der Waals surface area contributed by atoms with E-state index >= 15 is 0 Å². The second-order valence-corrected chi connectivity index (χ2v) is 4.86. The van der Waals surface area contributed by atoms with Gasteiger partial charge in [0, 0.05) is 29.2 Å². The molecule has 0 saturated carbocycles. The topological polar surface area (TPSA) is 79.4 Å². The second-order valence-electron chi connectivity index (χ2n) is 4.86. The van der Waals surface area contributed by atoms with Gasteiger partial charge in [0.05, 0.1) is 11.7 Å². The molecule has 0 bridgehead atoms. The predicted molar refractivity (Wildman–Crippen MR) is 77.7 cm³/mol. The van der Waals surface area contributed by atoms with Gasteiger partial charge in [-0.05, 0) is 24.3 Å². The van der Waals surface area contributed by atoms with Gasteiger partial charge in [-0.15, -0.1) is 0 Å². The molecule has 21 heavy (non-hydrogen) atoms. The van der Waals surface area contributed by atoms with Crippen LogP contribution in [0.1, 0.15) is 5.56 Å². The number of fused-ring (bicyclic) bond motifs is 2. The first-order valence-electron chi connectivity index (χ1n) is 6.58. The van der Waals surface area contributed by atoms with E-state index in [9.17, 15) is 5.11 Å². The molecule has 6 heteroatoms. The molecule has 3 N–H and O–H groups in total. The van der Waals surface area contributed by atoms with Gasteiger partial charge < -0.3 is 19.9 Å². The Labute approximate surface area is 120 Å². The smallest absolute Gasteiger partial charge is 0.231 e. The molecule has 3 aromatic rings. The number of aromatic amines is 1. The van der Waals surface area contributed by atoms with Crippen LogP contribution in [-0.2, 0) is 6.54 Å². The number of nitrogens with zero attached hydrogens (tertiary/aromatic N) is 1. The Kier molecular flexibility index (Phi) is 2.60. The van der Waals surface area contributed by atoms with Crippen molar-refractivity contribution >= 4 is 16.6 Å². The molecule has 0 unspecified atom stereocenters. The SMILES string of the molecule is Oc1cc2c(cc1CNc1ccc3[nH]ncc3c1)OCO2. The fraction of sp³-hybridized carbons (Fsp3) is 0.133. The van der Waals surface area contributed by atoms with Crippen molar-refractivity contribution in [3.05, 3.63) is 42.1 Å². The average molecular weight is 283 g/mol. The molecule has 0 saturated heterocycles. The summed E-state index contributed by atoms with van der Waals surface area (Å²) in [5.74, 6) is 1.43. The molecule has 4 rings (SSSR count). The maximum atomic E-state index is 10.0. The Hall–Kier alpha value is -2.89. The molecule has 1 aliphatic heterocycles. The minimum atomic E-state index is 0.191. The van der Waals surface area contributed by atoms with Crippen molar-refractivity contribution in [1.82, 2.24) is 10.2 Å². The minimum absolute atomic E-state index is 0.191. The summed E-state index contributed by atoms with van der Waals surface area (Å²) in [6, 6.07) is 9.30. The number of aromatic nitrogens is 2. The van der Waals surface area contributed by atoms with Crippen LogP contribution in [0.4, 0.5) is 5.69 Å². The van der Waals surface area contributed by atoms with Gasteiger partial charge in [-0.1, -0.05) is 0 Å². The van der Waals surface area contributed by atoms with Gasteiger partial charge in [-0.3, -0.25) is 5.10 Å². The zero-order valence-corrected chi connectivity index (χ0v) is 11.1. The van der Waals surface area contributed by atoms with Crippen LogP contribution < -0.4 is 14.8 Å².